The van der Waals surface area contributed by atoms with E-state index in [1.807, 2.05) is 11.3 Å². The van der Waals surface area contributed by atoms with Gasteiger partial charge in [-0.05, 0) is 104 Å². The van der Waals surface area contributed by atoms with Crippen LogP contribution in [0.4, 0.5) is 22.7 Å². The Bertz CT molecular complexity index is 2850. The zero-order valence-corrected chi connectivity index (χ0v) is 29.9. The number of hydrogen-bond donors (Lipinski definition) is 0. The van der Waals surface area contributed by atoms with Crippen LogP contribution in [0.15, 0.2) is 182 Å². The van der Waals surface area contributed by atoms with Crippen LogP contribution in [-0.4, -0.2) is 13.1 Å². The molecule has 9 aromatic rings. The first kappa shape index (κ1) is 30.2. The van der Waals surface area contributed by atoms with E-state index < -0.39 is 0 Å². The third kappa shape index (κ3) is 4.78. The van der Waals surface area contributed by atoms with Crippen LogP contribution in [0.3, 0.4) is 0 Å². The van der Waals surface area contributed by atoms with Gasteiger partial charge in [0.05, 0.1) is 11.4 Å². The summed E-state index contributed by atoms with van der Waals surface area (Å²) in [6.07, 6.45) is 0. The lowest BCUT2D eigenvalue weighted by atomic mass is 9.79. The normalized spacial score (nSPS) is 13.1. The number of thiophene rings is 1. The van der Waals surface area contributed by atoms with Gasteiger partial charge < -0.3 is 9.80 Å². The second kappa shape index (κ2) is 12.1. The fourth-order valence-electron chi connectivity index (χ4n) is 8.70. The minimum absolute atomic E-state index is 0.884. The Morgan fingerprint density at radius 1 is 0.340 bits per heavy atom. The molecule has 53 heavy (non-hydrogen) atoms. The van der Waals surface area contributed by atoms with E-state index in [-0.39, 0.29) is 0 Å². The molecule has 2 nitrogen and oxygen atoms in total. The lowest BCUT2D eigenvalue weighted by molar-refractivity contribution is 0.850. The molecule has 3 heteroatoms. The van der Waals surface area contributed by atoms with Gasteiger partial charge in [-0.3, -0.25) is 0 Å². The molecule has 8 aromatic carbocycles. The van der Waals surface area contributed by atoms with Crippen molar-refractivity contribution in [3.63, 3.8) is 0 Å². The predicted molar refractivity (Wildman–Crippen MR) is 227 cm³/mol. The monoisotopic (exact) mass is 694 g/mol. The second-order valence-electron chi connectivity index (χ2n) is 14.0. The van der Waals surface area contributed by atoms with Crippen LogP contribution in [0, 0.1) is 0 Å². The molecule has 0 saturated carbocycles. The zero-order chi connectivity index (χ0) is 34.9. The summed E-state index contributed by atoms with van der Waals surface area (Å²) in [5, 5.41) is 2.65. The molecule has 1 aliphatic heterocycles. The number of nitrogens with zero attached hydrogens (tertiary/aromatic N) is 2. The largest absolute Gasteiger partial charge is 0.338 e. The maximum Gasteiger partial charge on any atom is 0.0659 e. The summed E-state index contributed by atoms with van der Waals surface area (Å²) in [6.45, 7) is 1.77. The Kier molecular flexibility index (Phi) is 6.89. The van der Waals surface area contributed by atoms with Crippen LogP contribution in [0.2, 0.25) is 0 Å². The van der Waals surface area contributed by atoms with E-state index in [0.717, 1.165) is 13.1 Å². The molecule has 1 aromatic heterocycles. The molecule has 0 amide bonds. The highest BCUT2D eigenvalue weighted by Gasteiger charge is 2.30. The van der Waals surface area contributed by atoms with E-state index >= 15 is 0 Å². The molecule has 2 heterocycles. The number of hydrogen-bond acceptors (Lipinski definition) is 3. The molecular formula is C50H34N2S. The Morgan fingerprint density at radius 3 is 1.40 bits per heavy atom. The van der Waals surface area contributed by atoms with Gasteiger partial charge >= 0.3 is 0 Å². The lowest BCUT2D eigenvalue weighted by Gasteiger charge is -2.40. The Labute approximate surface area is 313 Å². The SMILES string of the molecule is c1ccc(N2CCN(c3ccccc3)c3cc4c(cc32)-c2ccccc2-c2ccccc2-c2cc(-c3cccc5c3sc3ccccc35)ccc2-4)cc1. The van der Waals surface area contributed by atoms with E-state index in [0.29, 0.717) is 0 Å². The third-order valence-electron chi connectivity index (χ3n) is 11.1. The van der Waals surface area contributed by atoms with Gasteiger partial charge in [0.1, 0.15) is 0 Å². The van der Waals surface area contributed by atoms with E-state index in [1.165, 1.54) is 98.6 Å². The highest BCUT2D eigenvalue weighted by molar-refractivity contribution is 7.26. The van der Waals surface area contributed by atoms with Crippen molar-refractivity contribution in [1.82, 2.24) is 0 Å². The van der Waals surface area contributed by atoms with Crippen molar-refractivity contribution in [2.45, 2.75) is 0 Å². The average molecular weight is 695 g/mol. The molecule has 0 atom stereocenters. The van der Waals surface area contributed by atoms with Gasteiger partial charge in [-0.1, -0.05) is 133 Å². The number of rotatable bonds is 3. The lowest BCUT2D eigenvalue weighted by Crippen LogP contribution is -2.36. The van der Waals surface area contributed by atoms with E-state index in [9.17, 15) is 0 Å². The van der Waals surface area contributed by atoms with Gasteiger partial charge in [-0.15, -0.1) is 11.3 Å². The van der Waals surface area contributed by atoms with Crippen molar-refractivity contribution in [2.24, 2.45) is 0 Å². The summed E-state index contributed by atoms with van der Waals surface area (Å²) < 4.78 is 2.67. The minimum atomic E-state index is 0.884. The van der Waals surface area contributed by atoms with Gasteiger partial charge in [0.2, 0.25) is 0 Å². The quantitative estimate of drug-likeness (QED) is 0.182. The summed E-state index contributed by atoms with van der Waals surface area (Å²) in [5.41, 5.74) is 17.5. The minimum Gasteiger partial charge on any atom is -0.338 e. The summed E-state index contributed by atoms with van der Waals surface area (Å²) in [7, 11) is 0. The predicted octanol–water partition coefficient (Wildman–Crippen LogP) is 14.0. The molecular weight excluding hydrogens is 661 g/mol. The summed E-state index contributed by atoms with van der Waals surface area (Å²) in [4.78, 5) is 5.00. The van der Waals surface area contributed by atoms with Gasteiger partial charge in [0, 0.05) is 44.6 Å². The molecule has 11 rings (SSSR count). The fourth-order valence-corrected chi connectivity index (χ4v) is 9.94. The third-order valence-corrected chi connectivity index (χ3v) is 12.3. The van der Waals surface area contributed by atoms with Crippen molar-refractivity contribution in [3.05, 3.63) is 182 Å². The molecule has 0 fully saturated rings. The van der Waals surface area contributed by atoms with Crippen LogP contribution < -0.4 is 9.80 Å². The van der Waals surface area contributed by atoms with E-state index in [1.54, 1.807) is 0 Å². The summed E-state index contributed by atoms with van der Waals surface area (Å²) >= 11 is 1.89. The zero-order valence-electron chi connectivity index (χ0n) is 29.0. The molecule has 0 radical (unpaired) electrons. The maximum atomic E-state index is 2.50. The van der Waals surface area contributed by atoms with Crippen molar-refractivity contribution in [3.8, 4) is 55.6 Å². The van der Waals surface area contributed by atoms with Gasteiger partial charge in [-0.2, -0.15) is 0 Å². The standard InChI is InChI=1S/C50H34N2S/c1-3-14-34(15-4-1)51-28-29-52(35-16-5-2-6-17-35)48-32-46-41-27-26-33(36-23-13-24-43-42-22-11-12-25-49(42)53-50(36)43)30-44(41)39-20-9-7-18-37(39)38-19-8-10-21-40(38)45(46)31-47(48)51/h1-27,30-32H,28-29H2. The molecule has 2 aliphatic rings. The molecule has 0 saturated heterocycles. The molecule has 0 bridgehead atoms. The highest BCUT2D eigenvalue weighted by atomic mass is 32.1. The Morgan fingerprint density at radius 2 is 0.792 bits per heavy atom. The van der Waals surface area contributed by atoms with Crippen molar-refractivity contribution >= 4 is 54.3 Å². The van der Waals surface area contributed by atoms with Gasteiger partial charge in [0.15, 0.2) is 0 Å². The van der Waals surface area contributed by atoms with Gasteiger partial charge in [0.25, 0.3) is 0 Å². The topological polar surface area (TPSA) is 6.48 Å². The van der Waals surface area contributed by atoms with Crippen LogP contribution >= 0.6 is 11.3 Å². The molecule has 1 aliphatic carbocycles. The van der Waals surface area contributed by atoms with Crippen LogP contribution in [-0.2, 0) is 0 Å². The molecule has 0 spiro atoms. The second-order valence-corrected chi connectivity index (χ2v) is 15.0. The van der Waals surface area contributed by atoms with Crippen LogP contribution in [0.25, 0.3) is 75.8 Å². The smallest absolute Gasteiger partial charge is 0.0659 e. The van der Waals surface area contributed by atoms with Crippen molar-refractivity contribution in [1.29, 1.82) is 0 Å². The molecule has 0 unspecified atom stereocenters. The number of para-hydroxylation sites is 2. The first-order chi connectivity index (χ1) is 26.3. The molecule has 250 valence electrons. The number of benzene rings is 8. The van der Waals surface area contributed by atoms with Crippen molar-refractivity contribution < 1.29 is 0 Å². The first-order valence-electron chi connectivity index (χ1n) is 18.4. The summed E-state index contributed by atoms with van der Waals surface area (Å²) in [5.74, 6) is 0. The number of anilines is 4. The van der Waals surface area contributed by atoms with Gasteiger partial charge in [-0.25, -0.2) is 0 Å². The van der Waals surface area contributed by atoms with Crippen LogP contribution in [0.1, 0.15) is 0 Å². The van der Waals surface area contributed by atoms with Crippen LogP contribution in [0.5, 0.6) is 0 Å². The van der Waals surface area contributed by atoms with E-state index in [4.69, 9.17) is 0 Å². The van der Waals surface area contributed by atoms with Crippen molar-refractivity contribution in [2.75, 3.05) is 22.9 Å². The Hall–Kier alpha value is -6.42. The van der Waals surface area contributed by atoms with E-state index in [2.05, 4.69) is 192 Å². The maximum absolute atomic E-state index is 2.50. The average Bonchev–Trinajstić information content (AvgIpc) is 3.62. The summed E-state index contributed by atoms with van der Waals surface area (Å²) in [6, 6.07) is 67.4. The fraction of sp³-hybridized carbons (Fsp3) is 0.0400. The highest BCUT2D eigenvalue weighted by Crippen LogP contribution is 2.53. The number of fused-ring (bicyclic) bond motifs is 12. The Balaban J connectivity index is 1.21. The first-order valence-corrected chi connectivity index (χ1v) is 19.2. The molecule has 0 N–H and O–H groups in total.